The van der Waals surface area contributed by atoms with Crippen LogP contribution in [0.2, 0.25) is 0 Å². The fourth-order valence-corrected chi connectivity index (χ4v) is 2.03. The molecule has 0 aliphatic heterocycles. The first-order valence-corrected chi connectivity index (χ1v) is 6.64. The molecule has 0 radical (unpaired) electrons. The van der Waals surface area contributed by atoms with Gasteiger partial charge in [-0.05, 0) is 32.0 Å². The third kappa shape index (κ3) is 2.24. The summed E-state index contributed by atoms with van der Waals surface area (Å²) in [6.07, 6.45) is 1.71. The molecular weight excluding hydrogens is 284 g/mol. The molecule has 0 aliphatic carbocycles. The topological polar surface area (TPSA) is 94.2 Å². The molecule has 0 atom stereocenters. The Kier molecular flexibility index (Phi) is 3.21. The summed E-state index contributed by atoms with van der Waals surface area (Å²) in [5.74, 6) is 0.0673. The molecule has 0 fully saturated rings. The molecule has 8 nitrogen and oxygen atoms in total. The monoisotopic (exact) mass is 298 g/mol. The highest BCUT2D eigenvalue weighted by Crippen LogP contribution is 2.08. The predicted molar refractivity (Wildman–Crippen MR) is 79.9 cm³/mol. The van der Waals surface area contributed by atoms with Gasteiger partial charge >= 0.3 is 0 Å². The molecule has 3 heterocycles. The number of nitrogens with zero attached hydrogens (tertiary/aromatic N) is 5. The SMILES string of the molecule is Cc1ccn2c(NC(=O)c3ccc(C)n(C)c3=O)nnc2n1. The Morgan fingerprint density at radius 1 is 1.18 bits per heavy atom. The van der Waals surface area contributed by atoms with Crippen molar-refractivity contribution in [2.75, 3.05) is 5.32 Å². The van der Waals surface area contributed by atoms with E-state index in [1.807, 2.05) is 6.92 Å². The van der Waals surface area contributed by atoms with Crippen molar-refractivity contribution in [3.63, 3.8) is 0 Å². The minimum Gasteiger partial charge on any atom is -0.315 e. The number of rotatable bonds is 2. The summed E-state index contributed by atoms with van der Waals surface area (Å²) in [5, 5.41) is 10.4. The molecule has 0 bridgehead atoms. The number of hydrogen-bond acceptors (Lipinski definition) is 5. The molecule has 3 aromatic heterocycles. The van der Waals surface area contributed by atoms with Gasteiger partial charge in [0.05, 0.1) is 0 Å². The summed E-state index contributed by atoms with van der Waals surface area (Å²) >= 11 is 0. The molecule has 3 rings (SSSR count). The molecule has 0 aromatic carbocycles. The van der Waals surface area contributed by atoms with Crippen LogP contribution in [-0.4, -0.2) is 30.1 Å². The summed E-state index contributed by atoms with van der Waals surface area (Å²) in [6, 6.07) is 4.98. The highest BCUT2D eigenvalue weighted by atomic mass is 16.2. The zero-order chi connectivity index (χ0) is 15.9. The summed E-state index contributed by atoms with van der Waals surface area (Å²) in [5.41, 5.74) is 1.25. The van der Waals surface area contributed by atoms with Gasteiger partial charge in [-0.2, -0.15) is 0 Å². The summed E-state index contributed by atoms with van der Waals surface area (Å²) in [6.45, 7) is 3.63. The standard InChI is InChI=1S/C14H14N6O2/c1-8-6-7-20-13(15-8)17-18-14(20)16-11(21)10-5-4-9(2)19(3)12(10)22/h4-7H,1-3H3,(H,16,18,21). The van der Waals surface area contributed by atoms with Gasteiger partial charge in [0, 0.05) is 24.6 Å². The molecule has 0 saturated carbocycles. The highest BCUT2D eigenvalue weighted by molar-refractivity contribution is 6.03. The van der Waals surface area contributed by atoms with Gasteiger partial charge in [-0.1, -0.05) is 0 Å². The molecule has 0 aliphatic rings. The molecule has 1 N–H and O–H groups in total. The van der Waals surface area contributed by atoms with Gasteiger partial charge in [0.25, 0.3) is 17.2 Å². The first-order valence-electron chi connectivity index (χ1n) is 6.64. The third-order valence-electron chi connectivity index (χ3n) is 3.44. The van der Waals surface area contributed by atoms with Crippen molar-refractivity contribution < 1.29 is 4.79 Å². The van der Waals surface area contributed by atoms with Gasteiger partial charge in [-0.3, -0.25) is 19.3 Å². The summed E-state index contributed by atoms with van der Waals surface area (Å²) in [4.78, 5) is 28.6. The Bertz CT molecular complexity index is 940. The van der Waals surface area contributed by atoms with Gasteiger partial charge in [0.15, 0.2) is 0 Å². The second kappa shape index (κ2) is 5.06. The molecule has 1 amide bonds. The van der Waals surface area contributed by atoms with Crippen LogP contribution in [0.25, 0.3) is 5.78 Å². The van der Waals surface area contributed by atoms with Crippen molar-refractivity contribution in [3.8, 4) is 0 Å². The molecule has 8 heteroatoms. The average Bonchev–Trinajstić information content (AvgIpc) is 2.87. The first-order chi connectivity index (χ1) is 10.5. The van der Waals surface area contributed by atoms with Crippen LogP contribution in [0.5, 0.6) is 0 Å². The number of carbonyl (C=O) groups is 1. The zero-order valence-electron chi connectivity index (χ0n) is 12.4. The van der Waals surface area contributed by atoms with E-state index >= 15 is 0 Å². The fourth-order valence-electron chi connectivity index (χ4n) is 2.03. The van der Waals surface area contributed by atoms with E-state index in [9.17, 15) is 9.59 Å². The second-order valence-corrected chi connectivity index (χ2v) is 4.97. The Labute approximate surface area is 125 Å². The lowest BCUT2D eigenvalue weighted by molar-refractivity contribution is 0.102. The van der Waals surface area contributed by atoms with Crippen molar-refractivity contribution in [1.82, 2.24) is 24.1 Å². The zero-order valence-corrected chi connectivity index (χ0v) is 12.4. The predicted octanol–water partition coefficient (Wildman–Crippen LogP) is 0.692. The van der Waals surface area contributed by atoms with Crippen molar-refractivity contribution in [1.29, 1.82) is 0 Å². The van der Waals surface area contributed by atoms with Gasteiger partial charge < -0.3 is 4.57 Å². The van der Waals surface area contributed by atoms with Crippen LogP contribution in [0.4, 0.5) is 5.95 Å². The van der Waals surface area contributed by atoms with E-state index in [1.54, 1.807) is 36.7 Å². The Morgan fingerprint density at radius 2 is 1.95 bits per heavy atom. The van der Waals surface area contributed by atoms with Crippen LogP contribution in [0.3, 0.4) is 0 Å². The molecule has 0 saturated heterocycles. The third-order valence-corrected chi connectivity index (χ3v) is 3.44. The molecule has 0 unspecified atom stereocenters. The minimum absolute atomic E-state index is 0.0462. The number of nitrogens with one attached hydrogen (secondary N) is 1. The number of pyridine rings is 1. The van der Waals surface area contributed by atoms with E-state index < -0.39 is 5.91 Å². The number of hydrogen-bond donors (Lipinski definition) is 1. The number of aryl methyl sites for hydroxylation is 2. The molecule has 22 heavy (non-hydrogen) atoms. The minimum atomic E-state index is -0.532. The lowest BCUT2D eigenvalue weighted by Crippen LogP contribution is -2.29. The molecule has 3 aromatic rings. The highest BCUT2D eigenvalue weighted by Gasteiger charge is 2.15. The maximum atomic E-state index is 12.3. The Morgan fingerprint density at radius 3 is 2.73 bits per heavy atom. The van der Waals surface area contributed by atoms with E-state index in [1.165, 1.54) is 10.6 Å². The van der Waals surface area contributed by atoms with Gasteiger partial charge in [0.2, 0.25) is 5.95 Å². The van der Waals surface area contributed by atoms with E-state index in [2.05, 4.69) is 20.5 Å². The summed E-state index contributed by atoms with van der Waals surface area (Å²) in [7, 11) is 1.62. The number of aromatic nitrogens is 5. The van der Waals surface area contributed by atoms with Crippen LogP contribution >= 0.6 is 0 Å². The van der Waals surface area contributed by atoms with Gasteiger partial charge in [0.1, 0.15) is 5.56 Å². The summed E-state index contributed by atoms with van der Waals surface area (Å²) < 4.78 is 2.96. The van der Waals surface area contributed by atoms with Gasteiger partial charge in [-0.15, -0.1) is 10.2 Å². The van der Waals surface area contributed by atoms with Crippen LogP contribution in [-0.2, 0) is 7.05 Å². The number of carbonyl (C=O) groups excluding carboxylic acids is 1. The van der Waals surface area contributed by atoms with Crippen LogP contribution < -0.4 is 10.9 Å². The fraction of sp³-hybridized carbons (Fsp3) is 0.214. The van der Waals surface area contributed by atoms with E-state index in [4.69, 9.17) is 0 Å². The van der Waals surface area contributed by atoms with Crippen molar-refractivity contribution in [3.05, 3.63) is 51.7 Å². The number of amides is 1. The second-order valence-electron chi connectivity index (χ2n) is 4.97. The van der Waals surface area contributed by atoms with Crippen LogP contribution in [0.15, 0.2) is 29.2 Å². The quantitative estimate of drug-likeness (QED) is 0.751. The lowest BCUT2D eigenvalue weighted by atomic mass is 10.2. The first kappa shape index (κ1) is 13.9. The largest absolute Gasteiger partial charge is 0.315 e. The van der Waals surface area contributed by atoms with Crippen molar-refractivity contribution in [2.45, 2.75) is 13.8 Å². The number of fused-ring (bicyclic) bond motifs is 1. The molecule has 0 spiro atoms. The number of anilines is 1. The maximum Gasteiger partial charge on any atom is 0.263 e. The normalized spacial score (nSPS) is 10.9. The maximum absolute atomic E-state index is 12.3. The van der Waals surface area contributed by atoms with Crippen molar-refractivity contribution >= 4 is 17.6 Å². The molecular formula is C14H14N6O2. The van der Waals surface area contributed by atoms with Crippen LogP contribution in [0.1, 0.15) is 21.7 Å². The van der Waals surface area contributed by atoms with Crippen molar-refractivity contribution in [2.24, 2.45) is 7.05 Å². The average molecular weight is 298 g/mol. The van der Waals surface area contributed by atoms with E-state index in [-0.39, 0.29) is 17.1 Å². The van der Waals surface area contributed by atoms with E-state index in [0.29, 0.717) is 5.78 Å². The Hall–Kier alpha value is -3.03. The van der Waals surface area contributed by atoms with Gasteiger partial charge in [-0.25, -0.2) is 4.98 Å². The lowest BCUT2D eigenvalue weighted by Gasteiger charge is -2.07. The Balaban J connectivity index is 1.97. The van der Waals surface area contributed by atoms with Crippen LogP contribution in [0, 0.1) is 13.8 Å². The molecule has 112 valence electrons. The smallest absolute Gasteiger partial charge is 0.263 e. The van der Waals surface area contributed by atoms with E-state index in [0.717, 1.165) is 11.4 Å².